The van der Waals surface area contributed by atoms with Crippen molar-refractivity contribution in [3.63, 3.8) is 0 Å². The monoisotopic (exact) mass is 248 g/mol. The van der Waals surface area contributed by atoms with Crippen molar-refractivity contribution in [3.8, 4) is 0 Å². The summed E-state index contributed by atoms with van der Waals surface area (Å²) in [6.45, 7) is 2.20. The van der Waals surface area contributed by atoms with E-state index in [1.165, 1.54) is 30.2 Å². The summed E-state index contributed by atoms with van der Waals surface area (Å²) in [6.07, 6.45) is 3.65. The standard InChI is InChI=1S/C11H14Cl2S/c1-2-3-4-9-5-7-10(8-6-9)14-11(12)13/h5-8,11H,2-4H2,1H3. The molecule has 1 rings (SSSR count). The fourth-order valence-electron chi connectivity index (χ4n) is 1.22. The van der Waals surface area contributed by atoms with Crippen LogP contribution in [0, 0.1) is 0 Å². The van der Waals surface area contributed by atoms with Crippen LogP contribution in [0.2, 0.25) is 0 Å². The molecular weight excluding hydrogens is 235 g/mol. The third-order valence-electron chi connectivity index (χ3n) is 1.97. The van der Waals surface area contributed by atoms with Gasteiger partial charge in [-0.2, -0.15) is 0 Å². The normalized spacial score (nSPS) is 10.9. The van der Waals surface area contributed by atoms with E-state index in [0.29, 0.717) is 0 Å². The SMILES string of the molecule is CCCCc1ccc(SC(Cl)Cl)cc1. The number of unbranched alkanes of at least 4 members (excludes halogenated alkanes) is 1. The molecule has 0 saturated heterocycles. The predicted octanol–water partition coefficient (Wildman–Crippen LogP) is 4.88. The zero-order valence-corrected chi connectivity index (χ0v) is 10.5. The van der Waals surface area contributed by atoms with Crippen LogP contribution in [0.15, 0.2) is 29.2 Å². The molecule has 0 N–H and O–H groups in total. The van der Waals surface area contributed by atoms with E-state index >= 15 is 0 Å². The van der Waals surface area contributed by atoms with Crippen LogP contribution in [0.5, 0.6) is 0 Å². The van der Waals surface area contributed by atoms with E-state index in [1.54, 1.807) is 0 Å². The Morgan fingerprint density at radius 3 is 2.36 bits per heavy atom. The second-order valence-electron chi connectivity index (χ2n) is 3.13. The van der Waals surface area contributed by atoms with Gasteiger partial charge in [-0.3, -0.25) is 0 Å². The summed E-state index contributed by atoms with van der Waals surface area (Å²) in [4.78, 5) is 1.13. The fourth-order valence-corrected chi connectivity index (χ4v) is 2.33. The Morgan fingerprint density at radius 1 is 1.21 bits per heavy atom. The van der Waals surface area contributed by atoms with Gasteiger partial charge in [0.2, 0.25) is 0 Å². The highest BCUT2D eigenvalue weighted by molar-refractivity contribution is 8.02. The average Bonchev–Trinajstić information content (AvgIpc) is 2.16. The van der Waals surface area contributed by atoms with Crippen molar-refractivity contribution >= 4 is 35.0 Å². The molecule has 1 aromatic rings. The smallest absolute Gasteiger partial charge is 0.0928 e. The Bertz CT molecular complexity index is 256. The second-order valence-corrected chi connectivity index (χ2v) is 5.92. The largest absolute Gasteiger partial charge is 0.157 e. The lowest BCUT2D eigenvalue weighted by molar-refractivity contribution is 0.794. The topological polar surface area (TPSA) is 0 Å². The highest BCUT2D eigenvalue weighted by Crippen LogP contribution is 2.28. The van der Waals surface area contributed by atoms with Crippen molar-refractivity contribution < 1.29 is 0 Å². The number of hydrogen-bond donors (Lipinski definition) is 0. The van der Waals surface area contributed by atoms with Crippen LogP contribution >= 0.6 is 35.0 Å². The molecule has 0 amide bonds. The average molecular weight is 249 g/mol. The van der Waals surface area contributed by atoms with E-state index in [-0.39, 0.29) is 4.17 Å². The molecule has 0 spiro atoms. The van der Waals surface area contributed by atoms with E-state index in [0.717, 1.165) is 11.3 Å². The zero-order chi connectivity index (χ0) is 10.4. The van der Waals surface area contributed by atoms with E-state index in [4.69, 9.17) is 23.2 Å². The molecule has 0 aliphatic carbocycles. The maximum absolute atomic E-state index is 5.66. The number of rotatable bonds is 5. The lowest BCUT2D eigenvalue weighted by Gasteiger charge is -2.03. The van der Waals surface area contributed by atoms with Crippen molar-refractivity contribution in [2.75, 3.05) is 0 Å². The van der Waals surface area contributed by atoms with Crippen molar-refractivity contribution in [2.24, 2.45) is 0 Å². The first-order chi connectivity index (χ1) is 6.72. The van der Waals surface area contributed by atoms with Crippen LogP contribution in [-0.4, -0.2) is 4.17 Å². The molecule has 1 aromatic carbocycles. The third kappa shape index (κ3) is 4.59. The van der Waals surface area contributed by atoms with Crippen molar-refractivity contribution in [2.45, 2.75) is 35.2 Å². The van der Waals surface area contributed by atoms with Crippen molar-refractivity contribution in [1.82, 2.24) is 0 Å². The number of benzene rings is 1. The van der Waals surface area contributed by atoms with Crippen LogP contribution in [0.25, 0.3) is 0 Å². The molecule has 0 fully saturated rings. The Kier molecular flexibility index (Phi) is 5.76. The molecule has 78 valence electrons. The first-order valence-electron chi connectivity index (χ1n) is 4.76. The van der Waals surface area contributed by atoms with Crippen LogP contribution in [0.4, 0.5) is 0 Å². The second kappa shape index (κ2) is 6.60. The van der Waals surface area contributed by atoms with Crippen LogP contribution in [0.3, 0.4) is 0 Å². The van der Waals surface area contributed by atoms with E-state index < -0.39 is 0 Å². The van der Waals surface area contributed by atoms with Gasteiger partial charge in [-0.05, 0) is 30.5 Å². The molecular formula is C11H14Cl2S. The molecule has 3 heteroatoms. The van der Waals surface area contributed by atoms with Gasteiger partial charge in [0.1, 0.15) is 0 Å². The van der Waals surface area contributed by atoms with Gasteiger partial charge in [-0.25, -0.2) is 0 Å². The summed E-state index contributed by atoms with van der Waals surface area (Å²) in [6, 6.07) is 8.45. The zero-order valence-electron chi connectivity index (χ0n) is 8.17. The minimum Gasteiger partial charge on any atom is -0.0928 e. The predicted molar refractivity (Wildman–Crippen MR) is 66.4 cm³/mol. The summed E-state index contributed by atoms with van der Waals surface area (Å²) in [5.41, 5.74) is 1.39. The first-order valence-corrected chi connectivity index (χ1v) is 6.51. The maximum atomic E-state index is 5.66. The number of hydrogen-bond acceptors (Lipinski definition) is 1. The summed E-state index contributed by atoms with van der Waals surface area (Å²) in [5.74, 6) is 0. The molecule has 0 radical (unpaired) electrons. The quantitative estimate of drug-likeness (QED) is 0.529. The van der Waals surface area contributed by atoms with Gasteiger partial charge >= 0.3 is 0 Å². The van der Waals surface area contributed by atoms with Gasteiger partial charge in [0, 0.05) is 4.90 Å². The van der Waals surface area contributed by atoms with Gasteiger partial charge in [-0.1, -0.05) is 60.4 Å². The molecule has 0 bridgehead atoms. The van der Waals surface area contributed by atoms with E-state index in [2.05, 4.69) is 31.2 Å². The number of halogens is 2. The Labute approximate surface area is 100.0 Å². The highest BCUT2D eigenvalue weighted by Gasteiger charge is 2.01. The van der Waals surface area contributed by atoms with Gasteiger partial charge in [0.05, 0.1) is 0 Å². The molecule has 14 heavy (non-hydrogen) atoms. The Balaban J connectivity index is 2.50. The number of aryl methyl sites for hydroxylation is 1. The van der Waals surface area contributed by atoms with Crippen LogP contribution in [0.1, 0.15) is 25.3 Å². The third-order valence-corrected chi connectivity index (χ3v) is 3.22. The van der Waals surface area contributed by atoms with Crippen LogP contribution < -0.4 is 0 Å². The molecule has 0 saturated carbocycles. The first kappa shape index (κ1) is 12.2. The van der Waals surface area contributed by atoms with Crippen molar-refractivity contribution in [3.05, 3.63) is 29.8 Å². The van der Waals surface area contributed by atoms with Gasteiger partial charge in [0.25, 0.3) is 0 Å². The molecule has 0 nitrogen and oxygen atoms in total. The lowest BCUT2D eigenvalue weighted by atomic mass is 10.1. The number of alkyl halides is 2. The van der Waals surface area contributed by atoms with Gasteiger partial charge < -0.3 is 0 Å². The maximum Gasteiger partial charge on any atom is 0.157 e. The highest BCUT2D eigenvalue weighted by atomic mass is 35.5. The van der Waals surface area contributed by atoms with Gasteiger partial charge in [-0.15, -0.1) is 0 Å². The van der Waals surface area contributed by atoms with E-state index in [9.17, 15) is 0 Å². The summed E-state index contributed by atoms with van der Waals surface area (Å²) in [5, 5.41) is 0. The minimum absolute atomic E-state index is 0.378. The molecule has 0 aliphatic rings. The minimum atomic E-state index is -0.378. The Morgan fingerprint density at radius 2 is 1.86 bits per heavy atom. The van der Waals surface area contributed by atoms with Crippen molar-refractivity contribution in [1.29, 1.82) is 0 Å². The molecule has 0 unspecified atom stereocenters. The van der Waals surface area contributed by atoms with E-state index in [1.807, 2.05) is 0 Å². The molecule has 0 aliphatic heterocycles. The molecule has 0 heterocycles. The van der Waals surface area contributed by atoms with Crippen LogP contribution in [-0.2, 0) is 6.42 Å². The lowest BCUT2D eigenvalue weighted by Crippen LogP contribution is -1.85. The fraction of sp³-hybridized carbons (Fsp3) is 0.455. The molecule has 0 atom stereocenters. The van der Waals surface area contributed by atoms with Gasteiger partial charge in [0.15, 0.2) is 4.17 Å². The summed E-state index contributed by atoms with van der Waals surface area (Å²) < 4.78 is -0.378. The summed E-state index contributed by atoms with van der Waals surface area (Å²) in [7, 11) is 0. The molecule has 0 aromatic heterocycles. The number of thioether (sulfide) groups is 1. The Hall–Kier alpha value is 0.150. The summed E-state index contributed by atoms with van der Waals surface area (Å²) >= 11 is 12.8.